The first-order chi connectivity index (χ1) is 9.67. The maximum absolute atomic E-state index is 5.56. The highest BCUT2D eigenvalue weighted by Crippen LogP contribution is 2.21. The van der Waals surface area contributed by atoms with Gasteiger partial charge in [0.05, 0.1) is 19.8 Å². The number of rotatable bonds is 3. The highest BCUT2D eigenvalue weighted by atomic mass is 16.5. The molecule has 6 heteroatoms. The van der Waals surface area contributed by atoms with Crippen molar-refractivity contribution < 1.29 is 4.74 Å². The fraction of sp³-hybridized carbons (Fsp3) is 0.500. The van der Waals surface area contributed by atoms with Crippen LogP contribution in [0.4, 0.5) is 0 Å². The number of nitrogens with zero attached hydrogens (tertiary/aromatic N) is 4. The molecule has 2 heterocycles. The quantitative estimate of drug-likeness (QED) is 0.898. The Bertz CT molecular complexity index is 572. The van der Waals surface area contributed by atoms with Gasteiger partial charge in [0.25, 0.3) is 0 Å². The lowest BCUT2D eigenvalue weighted by Gasteiger charge is -2.33. The van der Waals surface area contributed by atoms with Gasteiger partial charge in [-0.2, -0.15) is 0 Å². The molecule has 0 spiro atoms. The number of nitrogens with one attached hydrogen (secondary N) is 1. The zero-order chi connectivity index (χ0) is 14.0. The minimum Gasteiger partial charge on any atom is -0.378 e. The minimum absolute atomic E-state index is 0.327. The molecule has 20 heavy (non-hydrogen) atoms. The smallest absolute Gasteiger partial charge is 0.173 e. The lowest BCUT2D eigenvalue weighted by Crippen LogP contribution is -2.51. The molecule has 1 aliphatic rings. The van der Waals surface area contributed by atoms with Crippen LogP contribution in [0.3, 0.4) is 0 Å². The highest BCUT2D eigenvalue weighted by Gasteiger charge is 2.34. The molecule has 1 atom stereocenters. The molecular weight excluding hydrogens is 254 g/mol. The molecule has 1 saturated heterocycles. The fourth-order valence-electron chi connectivity index (χ4n) is 2.44. The Morgan fingerprint density at radius 2 is 2.15 bits per heavy atom. The van der Waals surface area contributed by atoms with Gasteiger partial charge in [0, 0.05) is 6.54 Å². The number of aromatic nitrogens is 4. The first-order valence-corrected chi connectivity index (χ1v) is 6.82. The standard InChI is InChI=1S/C14H19N5O/c1-11-3-5-12(6-4-11)9-19-13(16-17-18-19)14(2)10-20-8-7-15-14/h3-6,15H,7-10H2,1-2H3. The van der Waals surface area contributed by atoms with Crippen LogP contribution in [0, 0.1) is 6.92 Å². The Morgan fingerprint density at radius 1 is 1.35 bits per heavy atom. The third kappa shape index (κ3) is 2.57. The number of benzene rings is 1. The van der Waals surface area contributed by atoms with Gasteiger partial charge in [-0.1, -0.05) is 29.8 Å². The van der Waals surface area contributed by atoms with Crippen LogP contribution in [-0.2, 0) is 16.8 Å². The van der Waals surface area contributed by atoms with Crippen LogP contribution in [0.1, 0.15) is 23.9 Å². The second-order valence-corrected chi connectivity index (χ2v) is 5.46. The van der Waals surface area contributed by atoms with E-state index >= 15 is 0 Å². The van der Waals surface area contributed by atoms with E-state index in [9.17, 15) is 0 Å². The van der Waals surface area contributed by atoms with E-state index in [0.29, 0.717) is 13.2 Å². The lowest BCUT2D eigenvalue weighted by molar-refractivity contribution is 0.0280. The summed E-state index contributed by atoms with van der Waals surface area (Å²) < 4.78 is 7.40. The average molecular weight is 273 g/mol. The van der Waals surface area contributed by atoms with E-state index in [1.54, 1.807) is 0 Å². The zero-order valence-electron chi connectivity index (χ0n) is 11.8. The van der Waals surface area contributed by atoms with E-state index in [1.165, 1.54) is 11.1 Å². The van der Waals surface area contributed by atoms with E-state index in [2.05, 4.69) is 59.0 Å². The van der Waals surface area contributed by atoms with Gasteiger partial charge in [-0.25, -0.2) is 4.68 Å². The number of aryl methyl sites for hydroxylation is 1. The molecule has 1 fully saturated rings. The third-order valence-corrected chi connectivity index (χ3v) is 3.63. The van der Waals surface area contributed by atoms with Gasteiger partial charge in [-0.05, 0) is 29.8 Å². The van der Waals surface area contributed by atoms with E-state index in [-0.39, 0.29) is 5.54 Å². The molecule has 1 aliphatic heterocycles. The molecule has 106 valence electrons. The van der Waals surface area contributed by atoms with Gasteiger partial charge < -0.3 is 10.1 Å². The first kappa shape index (κ1) is 13.2. The van der Waals surface area contributed by atoms with Crippen LogP contribution >= 0.6 is 0 Å². The number of hydrogen-bond acceptors (Lipinski definition) is 5. The van der Waals surface area contributed by atoms with E-state index in [0.717, 1.165) is 19.0 Å². The Morgan fingerprint density at radius 3 is 2.85 bits per heavy atom. The van der Waals surface area contributed by atoms with Crippen molar-refractivity contribution in [3.8, 4) is 0 Å². The van der Waals surface area contributed by atoms with Gasteiger partial charge in [-0.15, -0.1) is 5.10 Å². The lowest BCUT2D eigenvalue weighted by atomic mass is 10.0. The summed E-state index contributed by atoms with van der Waals surface area (Å²) in [5.74, 6) is 0.817. The van der Waals surface area contributed by atoms with Crippen LogP contribution in [0.15, 0.2) is 24.3 Å². The predicted octanol–water partition coefficient (Wildman–Crippen LogP) is 0.865. The van der Waals surface area contributed by atoms with Crippen molar-refractivity contribution in [3.05, 3.63) is 41.2 Å². The predicted molar refractivity (Wildman–Crippen MR) is 74.3 cm³/mol. The molecule has 1 aromatic heterocycles. The maximum atomic E-state index is 5.56. The largest absolute Gasteiger partial charge is 0.378 e. The number of hydrogen-bond donors (Lipinski definition) is 1. The van der Waals surface area contributed by atoms with Crippen molar-refractivity contribution in [1.82, 2.24) is 25.5 Å². The fourth-order valence-corrected chi connectivity index (χ4v) is 2.44. The van der Waals surface area contributed by atoms with Crippen molar-refractivity contribution in [2.24, 2.45) is 0 Å². The Hall–Kier alpha value is -1.79. The van der Waals surface area contributed by atoms with E-state index < -0.39 is 0 Å². The number of ether oxygens (including phenoxy) is 1. The van der Waals surface area contributed by atoms with Crippen LogP contribution in [-0.4, -0.2) is 40.0 Å². The SMILES string of the molecule is Cc1ccc(Cn2nnnc2C2(C)COCCN2)cc1. The highest BCUT2D eigenvalue weighted by molar-refractivity contribution is 5.21. The Balaban J connectivity index is 1.84. The summed E-state index contributed by atoms with van der Waals surface area (Å²) in [5.41, 5.74) is 2.11. The summed E-state index contributed by atoms with van der Waals surface area (Å²) in [7, 11) is 0. The molecule has 1 aromatic carbocycles. The molecule has 3 rings (SSSR count). The Kier molecular flexibility index (Phi) is 3.50. The van der Waals surface area contributed by atoms with Gasteiger partial charge in [-0.3, -0.25) is 0 Å². The van der Waals surface area contributed by atoms with Crippen molar-refractivity contribution in [1.29, 1.82) is 0 Å². The van der Waals surface area contributed by atoms with Crippen LogP contribution < -0.4 is 5.32 Å². The summed E-state index contributed by atoms with van der Waals surface area (Å²) in [4.78, 5) is 0. The topological polar surface area (TPSA) is 64.9 Å². The summed E-state index contributed by atoms with van der Waals surface area (Å²) in [6.45, 7) is 6.95. The minimum atomic E-state index is -0.327. The normalized spacial score (nSPS) is 22.9. The van der Waals surface area contributed by atoms with Gasteiger partial charge in [0.1, 0.15) is 5.54 Å². The molecule has 0 radical (unpaired) electrons. The average Bonchev–Trinajstić information content (AvgIpc) is 2.91. The molecule has 0 aliphatic carbocycles. The first-order valence-electron chi connectivity index (χ1n) is 6.82. The van der Waals surface area contributed by atoms with E-state index in [4.69, 9.17) is 4.74 Å². The zero-order valence-corrected chi connectivity index (χ0v) is 11.8. The van der Waals surface area contributed by atoms with Crippen molar-refractivity contribution in [2.75, 3.05) is 19.8 Å². The Labute approximate surface area is 118 Å². The summed E-state index contributed by atoms with van der Waals surface area (Å²) in [5, 5.41) is 15.6. The molecule has 6 nitrogen and oxygen atoms in total. The second kappa shape index (κ2) is 5.30. The summed E-state index contributed by atoms with van der Waals surface area (Å²) in [6.07, 6.45) is 0. The molecule has 0 saturated carbocycles. The maximum Gasteiger partial charge on any atom is 0.173 e. The van der Waals surface area contributed by atoms with E-state index in [1.807, 2.05) is 4.68 Å². The monoisotopic (exact) mass is 273 g/mol. The second-order valence-electron chi connectivity index (χ2n) is 5.46. The van der Waals surface area contributed by atoms with Crippen molar-refractivity contribution >= 4 is 0 Å². The number of morpholine rings is 1. The molecule has 1 unspecified atom stereocenters. The van der Waals surface area contributed by atoms with Crippen LogP contribution in [0.2, 0.25) is 0 Å². The van der Waals surface area contributed by atoms with Gasteiger partial charge in [0.2, 0.25) is 0 Å². The van der Waals surface area contributed by atoms with Crippen molar-refractivity contribution in [3.63, 3.8) is 0 Å². The molecule has 1 N–H and O–H groups in total. The number of tetrazole rings is 1. The summed E-state index contributed by atoms with van der Waals surface area (Å²) in [6, 6.07) is 8.41. The molecular formula is C14H19N5O. The van der Waals surface area contributed by atoms with Crippen LogP contribution in [0.25, 0.3) is 0 Å². The molecule has 0 amide bonds. The van der Waals surface area contributed by atoms with Gasteiger partial charge in [0.15, 0.2) is 5.82 Å². The van der Waals surface area contributed by atoms with Crippen LogP contribution in [0.5, 0.6) is 0 Å². The molecule has 2 aromatic rings. The summed E-state index contributed by atoms with van der Waals surface area (Å²) >= 11 is 0. The van der Waals surface area contributed by atoms with Gasteiger partial charge >= 0.3 is 0 Å². The van der Waals surface area contributed by atoms with Crippen molar-refractivity contribution in [2.45, 2.75) is 25.9 Å². The third-order valence-electron chi connectivity index (χ3n) is 3.63. The molecule has 0 bridgehead atoms.